The van der Waals surface area contributed by atoms with Crippen molar-refractivity contribution in [3.05, 3.63) is 183 Å². The minimum absolute atomic E-state index is 0. The molecule has 0 bridgehead atoms. The van der Waals surface area contributed by atoms with Crippen LogP contribution in [0.3, 0.4) is 0 Å². The molecule has 2 aliphatic rings. The maximum Gasteiger partial charge on any atom is 0.314 e. The molecule has 2 atom stereocenters. The second-order valence-corrected chi connectivity index (χ2v) is 19.3. The van der Waals surface area contributed by atoms with Gasteiger partial charge in [0.25, 0.3) is 0 Å². The number of benzene rings is 4. The van der Waals surface area contributed by atoms with Gasteiger partial charge in [-0.1, -0.05) is 149 Å². The van der Waals surface area contributed by atoms with E-state index in [2.05, 4.69) is 59.2 Å². The molecule has 10 radical (unpaired) electrons. The first-order valence-electron chi connectivity index (χ1n) is 20.1. The van der Waals surface area contributed by atoms with Gasteiger partial charge in [0, 0.05) is 42.2 Å². The number of amides is 2. The van der Waals surface area contributed by atoms with E-state index in [9.17, 15) is 19.2 Å². The number of ether oxygens (including phenoxy) is 2. The summed E-state index contributed by atoms with van der Waals surface area (Å²) in [7, 11) is -1.77. The molecule has 2 fully saturated rings. The van der Waals surface area contributed by atoms with Crippen molar-refractivity contribution in [3.63, 3.8) is 0 Å². The second-order valence-electron chi connectivity index (χ2n) is 15.0. The van der Waals surface area contributed by atoms with Gasteiger partial charge in [0.2, 0.25) is 11.8 Å². The molecule has 0 spiro atoms. The van der Waals surface area contributed by atoms with E-state index in [1.807, 2.05) is 139 Å². The van der Waals surface area contributed by atoms with Gasteiger partial charge in [-0.25, -0.2) is 0 Å². The third-order valence-corrected chi connectivity index (χ3v) is 14.7. The summed E-state index contributed by atoms with van der Waals surface area (Å²) in [5, 5.41) is 10.4. The third kappa shape index (κ3) is 14.6. The molecule has 2 amide bonds. The molecule has 2 saturated carbocycles. The summed E-state index contributed by atoms with van der Waals surface area (Å²) in [4.78, 5) is 48.8. The van der Waals surface area contributed by atoms with E-state index in [0.717, 1.165) is 11.3 Å². The summed E-state index contributed by atoms with van der Waals surface area (Å²) in [6.07, 6.45) is 11.5. The van der Waals surface area contributed by atoms with Crippen molar-refractivity contribution in [1.29, 1.82) is 0 Å². The van der Waals surface area contributed by atoms with Crippen molar-refractivity contribution < 1.29 is 45.7 Å². The molecule has 61 heavy (non-hydrogen) atoms. The van der Waals surface area contributed by atoms with E-state index < -0.39 is 15.8 Å². The fourth-order valence-electron chi connectivity index (χ4n) is 6.53. The number of hydrogen-bond acceptors (Lipinski definition) is 6. The molecule has 0 unspecified atom stereocenters. The van der Waals surface area contributed by atoms with Crippen molar-refractivity contribution in [2.45, 2.75) is 53.6 Å². The number of carbonyl (C=O) groups is 4. The number of hydrogen-bond donors (Lipinski definition) is 2. The van der Waals surface area contributed by atoms with Crippen LogP contribution < -0.4 is 31.9 Å². The Balaban J connectivity index is 0.000000264. The predicted molar refractivity (Wildman–Crippen MR) is 244 cm³/mol. The molecule has 8 nitrogen and oxygen atoms in total. The Morgan fingerprint density at radius 1 is 0.475 bits per heavy atom. The maximum absolute atomic E-state index is 13.0. The molecule has 11 heteroatoms. The van der Waals surface area contributed by atoms with Gasteiger partial charge in [0.1, 0.15) is 25.0 Å². The average Bonchev–Trinajstić information content (AvgIpc) is 3.93. The van der Waals surface area contributed by atoms with E-state index in [1.54, 1.807) is 0 Å². The van der Waals surface area contributed by atoms with Crippen LogP contribution in [0, 0.1) is 73.5 Å². The molecule has 2 N–H and O–H groups in total. The van der Waals surface area contributed by atoms with Crippen molar-refractivity contribution in [2.75, 3.05) is 13.2 Å². The van der Waals surface area contributed by atoms with Crippen LogP contribution in [0.5, 0.6) is 0 Å². The SMILES string of the molecule is CC(=O)N[C@H](COC(=O)[C]1[CH][CH][CH][C]1P(c1ccccc1)c1ccccc1)C(C)C.CC(=O)N[C@H](COC(=O)[C]1[CH][CH][CH][C]1P(c1ccccc1)c1ccccc1)C(C)C.[Fe]. The van der Waals surface area contributed by atoms with Crippen LogP contribution in [0.15, 0.2) is 121 Å². The van der Waals surface area contributed by atoms with E-state index in [1.165, 1.54) is 35.1 Å². The molecule has 2 aliphatic carbocycles. The van der Waals surface area contributed by atoms with Gasteiger partial charge < -0.3 is 20.1 Å². The molecule has 0 saturated heterocycles. The summed E-state index contributed by atoms with van der Waals surface area (Å²) in [5.74, 6) is 0.512. The fourth-order valence-corrected chi connectivity index (χ4v) is 11.4. The van der Waals surface area contributed by atoms with Crippen LogP contribution in [0.25, 0.3) is 0 Å². The van der Waals surface area contributed by atoms with Crippen LogP contribution in [0.2, 0.25) is 0 Å². The van der Waals surface area contributed by atoms with Gasteiger partial charge >= 0.3 is 11.9 Å². The minimum Gasteiger partial charge on any atom is -0.463 e. The van der Waals surface area contributed by atoms with Gasteiger partial charge in [-0.05, 0) is 87.4 Å². The Kier molecular flexibility index (Phi) is 20.6. The zero-order valence-electron chi connectivity index (χ0n) is 35.4. The minimum atomic E-state index is -0.885. The zero-order valence-corrected chi connectivity index (χ0v) is 38.3. The Morgan fingerprint density at radius 3 is 1.00 bits per heavy atom. The summed E-state index contributed by atoms with van der Waals surface area (Å²) >= 11 is 0. The Hall–Kier alpha value is -3.86. The zero-order chi connectivity index (χ0) is 43.0. The smallest absolute Gasteiger partial charge is 0.314 e. The first kappa shape index (κ1) is 49.8. The summed E-state index contributed by atoms with van der Waals surface area (Å²) in [6.45, 7) is 11.2. The number of esters is 2. The summed E-state index contributed by atoms with van der Waals surface area (Å²) < 4.78 is 11.3. The quantitative estimate of drug-likeness (QED) is 0.0706. The molecule has 4 aromatic carbocycles. The Morgan fingerprint density at radius 2 is 0.754 bits per heavy atom. The topological polar surface area (TPSA) is 111 Å². The third-order valence-electron chi connectivity index (χ3n) is 9.74. The first-order chi connectivity index (χ1) is 28.9. The largest absolute Gasteiger partial charge is 0.463 e. The molecule has 0 aliphatic heterocycles. The Bertz CT molecular complexity index is 1720. The van der Waals surface area contributed by atoms with Gasteiger partial charge in [-0.2, -0.15) is 0 Å². The molecular weight excluding hydrogens is 842 g/mol. The molecular formula is C50H54FeN2O6P2. The van der Waals surface area contributed by atoms with Crippen LogP contribution in [-0.4, -0.2) is 49.1 Å². The normalized spacial score (nSPS) is 15.8. The predicted octanol–water partition coefficient (Wildman–Crippen LogP) is 7.11. The fraction of sp³-hybridized carbons (Fsp3) is 0.240. The van der Waals surface area contributed by atoms with Gasteiger partial charge in [-0.3, -0.25) is 19.2 Å². The van der Waals surface area contributed by atoms with Crippen molar-refractivity contribution in [2.24, 2.45) is 11.8 Å². The maximum atomic E-state index is 13.0. The summed E-state index contributed by atoms with van der Waals surface area (Å²) in [6, 6.07) is 40.6. The van der Waals surface area contributed by atoms with Crippen molar-refractivity contribution >= 4 is 60.8 Å². The van der Waals surface area contributed by atoms with Gasteiger partial charge in [0.05, 0.1) is 12.1 Å². The first-order valence-corrected chi connectivity index (χ1v) is 22.8. The Labute approximate surface area is 377 Å². The van der Waals surface area contributed by atoms with E-state index in [4.69, 9.17) is 9.47 Å². The number of carbonyl (C=O) groups excluding carboxylic acids is 4. The molecule has 0 heterocycles. The average molecular weight is 897 g/mol. The number of rotatable bonds is 16. The van der Waals surface area contributed by atoms with Gasteiger partial charge in [-0.15, -0.1) is 0 Å². The second kappa shape index (κ2) is 25.3. The van der Waals surface area contributed by atoms with Gasteiger partial charge in [0.15, 0.2) is 0 Å². The monoisotopic (exact) mass is 896 g/mol. The van der Waals surface area contributed by atoms with E-state index in [0.29, 0.717) is 11.8 Å². The van der Waals surface area contributed by atoms with Crippen molar-refractivity contribution in [1.82, 2.24) is 10.6 Å². The molecule has 318 valence electrons. The van der Waals surface area contributed by atoms with Crippen LogP contribution in [0.4, 0.5) is 0 Å². The molecule has 6 rings (SSSR count). The summed E-state index contributed by atoms with van der Waals surface area (Å²) in [5.41, 5.74) is 1.96. The molecule has 0 aromatic heterocycles. The number of nitrogens with one attached hydrogen (secondary N) is 2. The molecule has 4 aromatic rings. The van der Waals surface area contributed by atoms with Crippen LogP contribution in [-0.2, 0) is 45.7 Å². The van der Waals surface area contributed by atoms with Crippen LogP contribution >= 0.6 is 15.8 Å². The van der Waals surface area contributed by atoms with E-state index >= 15 is 0 Å². The van der Waals surface area contributed by atoms with Crippen LogP contribution in [0.1, 0.15) is 41.5 Å². The van der Waals surface area contributed by atoms with E-state index in [-0.39, 0.29) is 78.0 Å². The van der Waals surface area contributed by atoms with Crippen molar-refractivity contribution in [3.8, 4) is 0 Å². The standard InChI is InChI=1S/2C25H27NO3P.Fe/c2*1-18(2)23(26-19(3)27)17-29-25(28)22-15-10-16-24(22)30(20-11-6-4-7-12-20)21-13-8-5-9-14-21;/h2*4-16,18,23H,17H2,1-3H3,(H,26,27);/t2*23-;/m11./s1.